The Balaban J connectivity index is -0.000000107. The van der Waals surface area contributed by atoms with Crippen molar-refractivity contribution in [2.45, 2.75) is 24.8 Å². The molecule has 0 aromatic rings. The van der Waals surface area contributed by atoms with Gasteiger partial charge in [0.15, 0.2) is 0 Å². The van der Waals surface area contributed by atoms with Crippen molar-refractivity contribution in [1.82, 2.24) is 0 Å². The van der Waals surface area contributed by atoms with Gasteiger partial charge in [-0.1, -0.05) is 0 Å². The van der Waals surface area contributed by atoms with E-state index in [1.54, 1.807) is 0 Å². The summed E-state index contributed by atoms with van der Waals surface area (Å²) in [5, 5.41) is 1.47. The smallest absolute Gasteiger partial charge is 0.319 e. The van der Waals surface area contributed by atoms with Crippen molar-refractivity contribution < 1.29 is 52.5 Å². The normalized spacial score (nSPS) is 9.27. The first kappa shape index (κ1) is 18.5. The molecule has 0 aromatic carbocycles. The average molecular weight is 302 g/mol. The Morgan fingerprint density at radius 2 is 1.64 bits per heavy atom. The van der Waals surface area contributed by atoms with Crippen molar-refractivity contribution in [3.05, 3.63) is 0 Å². The van der Waals surface area contributed by atoms with E-state index in [1.807, 2.05) is 0 Å². The zero-order chi connectivity index (χ0) is 8.62. The van der Waals surface area contributed by atoms with Gasteiger partial charge in [0, 0.05) is 19.5 Å². The predicted molar refractivity (Wildman–Crippen MR) is 40.7 cm³/mol. The molecular weight excluding hydrogens is 290 g/mol. The van der Waals surface area contributed by atoms with Crippen molar-refractivity contribution in [3.63, 3.8) is 0 Å². The Kier molecular flexibility index (Phi) is 19.8. The van der Waals surface area contributed by atoms with Crippen LogP contribution in [0.2, 0.25) is 5.02 Å². The van der Waals surface area contributed by atoms with Gasteiger partial charge in [-0.2, -0.15) is 0 Å². The zero-order valence-corrected chi connectivity index (χ0v) is 14.4. The monoisotopic (exact) mass is 299 g/mol. The van der Waals surface area contributed by atoms with Crippen LogP contribution in [0.5, 0.6) is 0 Å². The Morgan fingerprint density at radius 1 is 1.36 bits per heavy atom. The SMILES string of the molecule is CCC[CH2][Zn].OP(O)(O)=S.[Zn]. The van der Waals surface area contributed by atoms with E-state index in [9.17, 15) is 0 Å². The number of rotatable bonds is 2. The summed E-state index contributed by atoms with van der Waals surface area (Å²) in [5.41, 5.74) is 0. The molecule has 0 unspecified atom stereocenters. The summed E-state index contributed by atoms with van der Waals surface area (Å²) in [6.07, 6.45) is 2.82. The van der Waals surface area contributed by atoms with Gasteiger partial charge in [-0.3, -0.25) is 0 Å². The third-order valence-electron chi connectivity index (χ3n) is 0.604. The quantitative estimate of drug-likeness (QED) is 0.525. The largest absolute Gasteiger partial charge is 0.325 e. The molecule has 0 amide bonds. The summed E-state index contributed by atoms with van der Waals surface area (Å²) in [4.78, 5) is 22.7. The van der Waals surface area contributed by atoms with Crippen molar-refractivity contribution in [2.75, 3.05) is 0 Å². The molecule has 0 atom stereocenters. The van der Waals surface area contributed by atoms with Crippen LogP contribution in [0.4, 0.5) is 0 Å². The van der Waals surface area contributed by atoms with E-state index in [0.717, 1.165) is 0 Å². The van der Waals surface area contributed by atoms with Crippen molar-refractivity contribution >= 4 is 18.5 Å². The van der Waals surface area contributed by atoms with Gasteiger partial charge < -0.3 is 14.7 Å². The molecule has 61 valence electrons. The van der Waals surface area contributed by atoms with E-state index >= 15 is 0 Å². The molecule has 0 bridgehead atoms. The second-order valence-corrected chi connectivity index (χ2v) is 5.70. The van der Waals surface area contributed by atoms with Crippen LogP contribution >= 0.6 is 6.72 Å². The van der Waals surface area contributed by atoms with E-state index in [0.29, 0.717) is 0 Å². The molecule has 0 fully saturated rings. The molecule has 0 spiro atoms. The maximum atomic E-state index is 7.56. The fraction of sp³-hybridized carbons (Fsp3) is 1.00. The fourth-order valence-corrected chi connectivity index (χ4v) is 1.30. The third-order valence-corrected chi connectivity index (χ3v) is 1.65. The van der Waals surface area contributed by atoms with E-state index in [2.05, 4.69) is 18.7 Å². The standard InChI is InChI=1S/C4H9.H3O3PS.2Zn/c1-3-4-2;1-4(2,3)5;;/h1,3-4H2,2H3;(H3,1,2,3,5);;. The minimum atomic E-state index is -3.81. The molecule has 0 aliphatic rings. The Labute approximate surface area is 95.3 Å². The molecule has 0 aliphatic carbocycles. The van der Waals surface area contributed by atoms with Crippen LogP contribution in [-0.2, 0) is 49.6 Å². The first-order valence-corrected chi connectivity index (χ1v) is 7.75. The van der Waals surface area contributed by atoms with Crippen molar-refractivity contribution in [3.8, 4) is 0 Å². The molecule has 0 saturated heterocycles. The fourth-order valence-electron chi connectivity index (χ4n) is 0.250. The Hall–Kier alpha value is 1.78. The number of hydrogen-bond donors (Lipinski definition) is 3. The molecule has 0 aromatic heterocycles. The first-order chi connectivity index (χ1) is 4.41. The second-order valence-electron chi connectivity index (χ2n) is 1.72. The molecule has 11 heavy (non-hydrogen) atoms. The topological polar surface area (TPSA) is 60.7 Å². The minimum Gasteiger partial charge on any atom is -0.325 e. The average Bonchev–Trinajstić information content (AvgIpc) is 1.63. The van der Waals surface area contributed by atoms with Crippen LogP contribution in [0.15, 0.2) is 0 Å². The molecule has 0 rings (SSSR count). The Bertz CT molecular complexity index is 97.2. The van der Waals surface area contributed by atoms with E-state index in [4.69, 9.17) is 14.7 Å². The van der Waals surface area contributed by atoms with Crippen molar-refractivity contribution in [1.29, 1.82) is 0 Å². The van der Waals surface area contributed by atoms with Crippen molar-refractivity contribution in [2.24, 2.45) is 0 Å². The maximum absolute atomic E-state index is 7.56. The molecular formula is C4H12O3PSZn2. The number of unbranched alkanes of at least 4 members (excludes halogenated alkanes) is 1. The van der Waals surface area contributed by atoms with Crippen LogP contribution in [-0.4, -0.2) is 14.7 Å². The molecule has 3 nitrogen and oxygen atoms in total. The molecule has 0 heterocycles. The molecule has 0 aliphatic heterocycles. The molecule has 3 N–H and O–H groups in total. The first-order valence-electron chi connectivity index (χ1n) is 2.99. The van der Waals surface area contributed by atoms with Gasteiger partial charge >= 0.3 is 49.8 Å². The third kappa shape index (κ3) is 78.9. The van der Waals surface area contributed by atoms with Crippen LogP contribution in [0, 0.1) is 0 Å². The summed E-state index contributed by atoms with van der Waals surface area (Å²) in [7, 11) is 0. The van der Waals surface area contributed by atoms with Gasteiger partial charge in [-0.25, -0.2) is 0 Å². The van der Waals surface area contributed by atoms with Gasteiger partial charge in [0.1, 0.15) is 0 Å². The van der Waals surface area contributed by atoms with Crippen LogP contribution in [0.3, 0.4) is 0 Å². The van der Waals surface area contributed by atoms with Gasteiger partial charge in [0.2, 0.25) is 0 Å². The summed E-state index contributed by atoms with van der Waals surface area (Å²) >= 11 is 5.08. The maximum Gasteiger partial charge on any atom is 0.319 e. The molecule has 0 saturated carbocycles. The van der Waals surface area contributed by atoms with Crippen LogP contribution < -0.4 is 0 Å². The minimum absolute atomic E-state index is 0. The van der Waals surface area contributed by atoms with Gasteiger partial charge in [0.05, 0.1) is 0 Å². The van der Waals surface area contributed by atoms with Gasteiger partial charge in [0.25, 0.3) is 0 Å². The summed E-state index contributed by atoms with van der Waals surface area (Å²) in [6.45, 7) is -1.57. The summed E-state index contributed by atoms with van der Waals surface area (Å²) < 4.78 is 0. The van der Waals surface area contributed by atoms with Gasteiger partial charge in [-0.05, 0) is 11.8 Å². The summed E-state index contributed by atoms with van der Waals surface area (Å²) in [5.74, 6) is 0. The van der Waals surface area contributed by atoms with Crippen LogP contribution in [0.1, 0.15) is 19.8 Å². The molecule has 0 radical (unpaired) electrons. The van der Waals surface area contributed by atoms with Crippen LogP contribution in [0.25, 0.3) is 0 Å². The second kappa shape index (κ2) is 11.8. The zero-order valence-electron chi connectivity index (χ0n) is 6.73. The van der Waals surface area contributed by atoms with E-state index < -0.39 is 6.72 Å². The predicted octanol–water partition coefficient (Wildman–Crippen LogP) is 0.937. The van der Waals surface area contributed by atoms with E-state index in [-0.39, 0.29) is 19.5 Å². The van der Waals surface area contributed by atoms with E-state index in [1.165, 1.54) is 36.2 Å². The Morgan fingerprint density at radius 3 is 1.64 bits per heavy atom. The summed E-state index contributed by atoms with van der Waals surface area (Å²) in [6, 6.07) is 0. The molecule has 7 heteroatoms. The number of hydrogen-bond acceptors (Lipinski definition) is 1. The van der Waals surface area contributed by atoms with Gasteiger partial charge in [-0.15, -0.1) is 0 Å².